The highest BCUT2D eigenvalue weighted by molar-refractivity contribution is 7.80. The van der Waals surface area contributed by atoms with Crippen molar-refractivity contribution in [1.82, 2.24) is 0 Å². The van der Waals surface area contributed by atoms with Crippen LogP contribution in [0.1, 0.15) is 18.4 Å². The molecule has 0 bridgehead atoms. The van der Waals surface area contributed by atoms with E-state index in [2.05, 4.69) is 0 Å². The first-order valence-corrected chi connectivity index (χ1v) is 6.23. The Bertz CT molecular complexity index is 369. The molecule has 1 heterocycles. The molecule has 0 aromatic heterocycles. The van der Waals surface area contributed by atoms with Gasteiger partial charge in [0.25, 0.3) is 0 Å². The molecule has 92 valence electrons. The molecule has 1 aromatic carbocycles. The average Bonchev–Trinajstić information content (AvgIpc) is 2.79. The first-order chi connectivity index (χ1) is 8.25. The van der Waals surface area contributed by atoms with E-state index >= 15 is 0 Å². The monoisotopic (exact) mass is 251 g/mol. The summed E-state index contributed by atoms with van der Waals surface area (Å²) in [6, 6.07) is 10.1. The summed E-state index contributed by atoms with van der Waals surface area (Å²) in [6.45, 7) is 1.23. The zero-order valence-corrected chi connectivity index (χ0v) is 10.5. The van der Waals surface area contributed by atoms with Crippen LogP contribution in [0.15, 0.2) is 30.3 Å². The highest BCUT2D eigenvalue weighted by atomic mass is 32.1. The Balaban J connectivity index is 1.68. The number of nitrogens with two attached hydrogens (primary N) is 1. The van der Waals surface area contributed by atoms with Crippen molar-refractivity contribution in [3.8, 4) is 0 Å². The van der Waals surface area contributed by atoms with Gasteiger partial charge in [-0.15, -0.1) is 0 Å². The summed E-state index contributed by atoms with van der Waals surface area (Å²) in [5.74, 6) is 0. The largest absolute Gasteiger partial charge is 0.391 e. The number of thiocarbonyl (C=S) groups is 1. The third kappa shape index (κ3) is 3.77. The Labute approximate surface area is 107 Å². The zero-order valence-electron chi connectivity index (χ0n) is 9.67. The van der Waals surface area contributed by atoms with Gasteiger partial charge in [-0.25, -0.2) is 0 Å². The van der Waals surface area contributed by atoms with E-state index in [0.29, 0.717) is 18.2 Å². The number of benzene rings is 1. The third-order valence-corrected chi connectivity index (χ3v) is 3.10. The molecule has 17 heavy (non-hydrogen) atoms. The van der Waals surface area contributed by atoms with Gasteiger partial charge in [-0.3, -0.25) is 0 Å². The maximum Gasteiger partial charge on any atom is 0.108 e. The predicted octanol–water partition coefficient (Wildman–Crippen LogP) is 2.04. The molecule has 2 rings (SSSR count). The van der Waals surface area contributed by atoms with Gasteiger partial charge in [0, 0.05) is 0 Å². The average molecular weight is 251 g/mol. The molecule has 0 unspecified atom stereocenters. The highest BCUT2D eigenvalue weighted by Gasteiger charge is 2.26. The van der Waals surface area contributed by atoms with Crippen LogP contribution in [0.2, 0.25) is 0 Å². The second kappa shape index (κ2) is 6.10. The number of rotatable bonds is 5. The Morgan fingerprint density at radius 1 is 1.35 bits per heavy atom. The molecule has 2 atom stereocenters. The lowest BCUT2D eigenvalue weighted by atomic mass is 10.2. The predicted molar refractivity (Wildman–Crippen MR) is 70.8 cm³/mol. The van der Waals surface area contributed by atoms with Crippen molar-refractivity contribution in [2.75, 3.05) is 6.61 Å². The van der Waals surface area contributed by atoms with Crippen molar-refractivity contribution in [3.05, 3.63) is 35.9 Å². The van der Waals surface area contributed by atoms with Crippen LogP contribution in [0.25, 0.3) is 0 Å². The maximum atomic E-state index is 5.67. The molecule has 3 nitrogen and oxygen atoms in total. The fourth-order valence-electron chi connectivity index (χ4n) is 1.92. The van der Waals surface area contributed by atoms with Crippen LogP contribution in [0.4, 0.5) is 0 Å². The summed E-state index contributed by atoms with van der Waals surface area (Å²) < 4.78 is 11.3. The molecule has 0 spiro atoms. The Morgan fingerprint density at radius 2 is 2.12 bits per heavy atom. The summed E-state index contributed by atoms with van der Waals surface area (Å²) in [5.41, 5.74) is 6.72. The fourth-order valence-corrected chi connectivity index (χ4v) is 2.09. The van der Waals surface area contributed by atoms with Crippen molar-refractivity contribution in [1.29, 1.82) is 0 Å². The standard InChI is InChI=1S/C13H17NO2S/c14-13(17)12-7-6-11(16-12)9-15-8-10-4-2-1-3-5-10/h1-5,11-12H,6-9H2,(H2,14,17)/t11-,12+/m0/s1. The number of hydrogen-bond acceptors (Lipinski definition) is 3. The molecule has 0 saturated carbocycles. The van der Waals surface area contributed by atoms with Crippen molar-refractivity contribution in [2.45, 2.75) is 31.7 Å². The van der Waals surface area contributed by atoms with E-state index < -0.39 is 0 Å². The second-order valence-electron chi connectivity index (χ2n) is 4.23. The summed E-state index contributed by atoms with van der Waals surface area (Å²) >= 11 is 4.91. The molecule has 1 aromatic rings. The van der Waals surface area contributed by atoms with Crippen LogP contribution in [0.3, 0.4) is 0 Å². The van der Waals surface area contributed by atoms with E-state index in [1.165, 1.54) is 5.56 Å². The van der Waals surface area contributed by atoms with E-state index in [0.717, 1.165) is 12.8 Å². The first-order valence-electron chi connectivity index (χ1n) is 5.82. The van der Waals surface area contributed by atoms with Crippen LogP contribution in [0.5, 0.6) is 0 Å². The molecule has 1 fully saturated rings. The lowest BCUT2D eigenvalue weighted by Gasteiger charge is -2.13. The van der Waals surface area contributed by atoms with Crippen molar-refractivity contribution in [3.63, 3.8) is 0 Å². The van der Waals surface area contributed by atoms with E-state index in [1.54, 1.807) is 0 Å². The summed E-state index contributed by atoms with van der Waals surface area (Å²) in [5, 5.41) is 0. The van der Waals surface area contributed by atoms with Crippen LogP contribution in [-0.2, 0) is 16.1 Å². The van der Waals surface area contributed by atoms with Crippen LogP contribution in [0, 0.1) is 0 Å². The minimum atomic E-state index is -0.0599. The van der Waals surface area contributed by atoms with Crippen molar-refractivity contribution < 1.29 is 9.47 Å². The van der Waals surface area contributed by atoms with Gasteiger partial charge < -0.3 is 15.2 Å². The van der Waals surface area contributed by atoms with Crippen LogP contribution < -0.4 is 5.73 Å². The van der Waals surface area contributed by atoms with Gasteiger partial charge in [0.2, 0.25) is 0 Å². The Kier molecular flexibility index (Phi) is 4.48. The number of hydrogen-bond donors (Lipinski definition) is 1. The number of ether oxygens (including phenoxy) is 2. The van der Waals surface area contributed by atoms with Crippen LogP contribution in [-0.4, -0.2) is 23.8 Å². The zero-order chi connectivity index (χ0) is 12.1. The molecule has 1 saturated heterocycles. The first kappa shape index (κ1) is 12.5. The summed E-state index contributed by atoms with van der Waals surface area (Å²) in [6.07, 6.45) is 1.95. The van der Waals surface area contributed by atoms with E-state index in [-0.39, 0.29) is 12.2 Å². The van der Waals surface area contributed by atoms with Crippen molar-refractivity contribution >= 4 is 17.2 Å². The highest BCUT2D eigenvalue weighted by Crippen LogP contribution is 2.20. The molecule has 2 N–H and O–H groups in total. The van der Waals surface area contributed by atoms with Gasteiger partial charge in [-0.2, -0.15) is 0 Å². The lowest BCUT2D eigenvalue weighted by molar-refractivity contribution is -0.00197. The topological polar surface area (TPSA) is 44.5 Å². The van der Waals surface area contributed by atoms with Gasteiger partial charge in [0.1, 0.15) is 11.1 Å². The second-order valence-corrected chi connectivity index (χ2v) is 4.70. The van der Waals surface area contributed by atoms with Crippen LogP contribution >= 0.6 is 12.2 Å². The molecule has 1 aliphatic rings. The minimum absolute atomic E-state index is 0.0599. The summed E-state index contributed by atoms with van der Waals surface area (Å²) in [7, 11) is 0. The minimum Gasteiger partial charge on any atom is -0.391 e. The Hall–Kier alpha value is -0.970. The van der Waals surface area contributed by atoms with Gasteiger partial charge in [-0.1, -0.05) is 42.5 Å². The van der Waals surface area contributed by atoms with Gasteiger partial charge in [0.05, 0.1) is 19.3 Å². The van der Waals surface area contributed by atoms with E-state index in [1.807, 2.05) is 30.3 Å². The quantitative estimate of drug-likeness (QED) is 0.813. The fraction of sp³-hybridized carbons (Fsp3) is 0.462. The molecule has 0 amide bonds. The molecule has 0 radical (unpaired) electrons. The van der Waals surface area contributed by atoms with E-state index in [9.17, 15) is 0 Å². The van der Waals surface area contributed by atoms with Gasteiger partial charge >= 0.3 is 0 Å². The molecular formula is C13H17NO2S. The normalized spacial score (nSPS) is 23.8. The molecule has 0 aliphatic carbocycles. The van der Waals surface area contributed by atoms with Gasteiger partial charge in [0.15, 0.2) is 0 Å². The SMILES string of the molecule is NC(=S)[C@H]1CC[C@@H](COCc2ccccc2)O1. The van der Waals surface area contributed by atoms with Crippen molar-refractivity contribution in [2.24, 2.45) is 5.73 Å². The molecule has 1 aliphatic heterocycles. The lowest BCUT2D eigenvalue weighted by Crippen LogP contribution is -2.27. The smallest absolute Gasteiger partial charge is 0.108 e. The maximum absolute atomic E-state index is 5.67. The van der Waals surface area contributed by atoms with E-state index in [4.69, 9.17) is 27.4 Å². The molecular weight excluding hydrogens is 234 g/mol. The Morgan fingerprint density at radius 3 is 2.76 bits per heavy atom. The third-order valence-electron chi connectivity index (χ3n) is 2.84. The summed E-state index contributed by atoms with van der Waals surface area (Å²) in [4.78, 5) is 0.454. The molecule has 4 heteroatoms. The van der Waals surface area contributed by atoms with Gasteiger partial charge in [-0.05, 0) is 18.4 Å².